The Balaban J connectivity index is 0.000000207. The number of rotatable bonds is 2. The number of carbonyl (C=O) groups is 4. The maximum absolute atomic E-state index is 12.8. The molecule has 0 aromatic heterocycles. The molecule has 0 aliphatic carbocycles. The third-order valence-corrected chi connectivity index (χ3v) is 4.22. The predicted octanol–water partition coefficient (Wildman–Crippen LogP) is 4.45. The second-order valence-corrected chi connectivity index (χ2v) is 6.28. The highest BCUT2D eigenvalue weighted by molar-refractivity contribution is 6.07. The number of ether oxygens (including phenoxy) is 2. The van der Waals surface area contributed by atoms with E-state index in [1.807, 2.05) is 0 Å². The van der Waals surface area contributed by atoms with Crippen LogP contribution in [-0.4, -0.2) is 35.6 Å². The summed E-state index contributed by atoms with van der Waals surface area (Å²) in [6, 6.07) is 7.97. The lowest BCUT2D eigenvalue weighted by atomic mass is 10.1. The Hall–Kier alpha value is -3.49. The molecule has 2 heterocycles. The van der Waals surface area contributed by atoms with Crippen LogP contribution in [0.25, 0.3) is 0 Å². The standard InChI is InChI=1S/C10H6F2O3.C10H7FO3.CH4/c1-5(13)6-2-3-8-7(4-6)9(14)10(11,12)15-8;1-5(12)6-2-3-8-7(4-6)9(13)10(11)14-8;/h2-4H,1H3;2-4,10H,1H3;1H4. The largest absolute Gasteiger partial charge is 0.466 e. The van der Waals surface area contributed by atoms with Crippen LogP contribution in [0.15, 0.2) is 36.4 Å². The maximum Gasteiger partial charge on any atom is 0.466 e. The second kappa shape index (κ2) is 8.10. The van der Waals surface area contributed by atoms with Crippen molar-refractivity contribution in [2.75, 3.05) is 0 Å². The molecule has 0 spiro atoms. The van der Waals surface area contributed by atoms with Crippen LogP contribution in [0.2, 0.25) is 0 Å². The number of alkyl halides is 3. The molecule has 1 unspecified atom stereocenters. The van der Waals surface area contributed by atoms with E-state index in [9.17, 15) is 32.3 Å². The summed E-state index contributed by atoms with van der Waals surface area (Å²) >= 11 is 0. The van der Waals surface area contributed by atoms with Gasteiger partial charge in [-0.15, -0.1) is 0 Å². The molecule has 0 saturated heterocycles. The topological polar surface area (TPSA) is 86.7 Å². The molecule has 9 heteroatoms. The first-order valence-electron chi connectivity index (χ1n) is 8.28. The van der Waals surface area contributed by atoms with E-state index in [0.717, 1.165) is 6.07 Å². The number of halogens is 3. The fraction of sp³-hybridized carbons (Fsp3) is 0.238. The Kier molecular flexibility index (Phi) is 6.15. The minimum absolute atomic E-state index is 0. The third-order valence-electron chi connectivity index (χ3n) is 4.22. The summed E-state index contributed by atoms with van der Waals surface area (Å²) in [5.41, 5.74) is 0.496. The zero-order valence-corrected chi connectivity index (χ0v) is 15.1. The van der Waals surface area contributed by atoms with Gasteiger partial charge in [0.2, 0.25) is 5.78 Å². The number of Topliss-reactive ketones (excluding diaryl/α,β-unsaturated/α-hetero) is 4. The highest BCUT2D eigenvalue weighted by Crippen LogP contribution is 2.37. The highest BCUT2D eigenvalue weighted by atomic mass is 19.3. The zero-order chi connectivity index (χ0) is 21.5. The number of benzene rings is 2. The Morgan fingerprint density at radius 3 is 1.93 bits per heavy atom. The van der Waals surface area contributed by atoms with Crippen molar-refractivity contribution >= 4 is 23.1 Å². The number of fused-ring (bicyclic) bond motifs is 2. The van der Waals surface area contributed by atoms with Gasteiger partial charge in [-0.2, -0.15) is 13.2 Å². The van der Waals surface area contributed by atoms with Crippen LogP contribution in [0.3, 0.4) is 0 Å². The van der Waals surface area contributed by atoms with Gasteiger partial charge in [-0.25, -0.2) is 0 Å². The van der Waals surface area contributed by atoms with Gasteiger partial charge in [0.25, 0.3) is 5.78 Å². The van der Waals surface area contributed by atoms with Gasteiger partial charge in [0.1, 0.15) is 11.5 Å². The van der Waals surface area contributed by atoms with Gasteiger partial charge in [-0.05, 0) is 50.2 Å². The van der Waals surface area contributed by atoms with Gasteiger partial charge in [0.15, 0.2) is 11.6 Å². The monoisotopic (exact) mass is 422 g/mol. The van der Waals surface area contributed by atoms with Crippen molar-refractivity contribution in [3.63, 3.8) is 0 Å². The van der Waals surface area contributed by atoms with Crippen LogP contribution in [0.4, 0.5) is 13.2 Å². The average molecular weight is 422 g/mol. The molecule has 158 valence electrons. The van der Waals surface area contributed by atoms with E-state index in [1.54, 1.807) is 0 Å². The molecule has 30 heavy (non-hydrogen) atoms. The molecule has 2 aromatic carbocycles. The molecule has 0 N–H and O–H groups in total. The molecule has 2 aliphatic rings. The Bertz CT molecular complexity index is 1060. The first-order valence-corrected chi connectivity index (χ1v) is 8.28. The van der Waals surface area contributed by atoms with E-state index in [0.29, 0.717) is 5.56 Å². The van der Waals surface area contributed by atoms with E-state index < -0.39 is 24.0 Å². The first-order chi connectivity index (χ1) is 13.5. The quantitative estimate of drug-likeness (QED) is 0.665. The van der Waals surface area contributed by atoms with E-state index in [-0.39, 0.29) is 47.2 Å². The van der Waals surface area contributed by atoms with Gasteiger partial charge >= 0.3 is 12.5 Å². The molecule has 0 radical (unpaired) electrons. The predicted molar refractivity (Wildman–Crippen MR) is 99.4 cm³/mol. The van der Waals surface area contributed by atoms with Crippen LogP contribution in [0.5, 0.6) is 11.5 Å². The lowest BCUT2D eigenvalue weighted by molar-refractivity contribution is -0.123. The summed E-state index contributed by atoms with van der Waals surface area (Å²) in [5.74, 6) is -2.56. The van der Waals surface area contributed by atoms with Crippen LogP contribution in [0, 0.1) is 0 Å². The fourth-order valence-corrected chi connectivity index (χ4v) is 2.69. The minimum Gasteiger partial charge on any atom is -0.452 e. The highest BCUT2D eigenvalue weighted by Gasteiger charge is 2.50. The fourth-order valence-electron chi connectivity index (χ4n) is 2.69. The van der Waals surface area contributed by atoms with E-state index in [4.69, 9.17) is 0 Å². The molecular formula is C21H17F3O6. The van der Waals surface area contributed by atoms with Crippen molar-refractivity contribution in [3.05, 3.63) is 58.7 Å². The van der Waals surface area contributed by atoms with Crippen LogP contribution in [-0.2, 0) is 0 Å². The molecule has 0 amide bonds. The van der Waals surface area contributed by atoms with Crippen molar-refractivity contribution in [2.24, 2.45) is 0 Å². The summed E-state index contributed by atoms with van der Waals surface area (Å²) in [5, 5.41) is 0. The van der Waals surface area contributed by atoms with E-state index >= 15 is 0 Å². The molecule has 0 saturated carbocycles. The Morgan fingerprint density at radius 1 is 0.900 bits per heavy atom. The average Bonchev–Trinajstić information content (AvgIpc) is 3.07. The van der Waals surface area contributed by atoms with Crippen LogP contribution in [0.1, 0.15) is 62.7 Å². The van der Waals surface area contributed by atoms with Gasteiger partial charge < -0.3 is 9.47 Å². The molecule has 4 rings (SSSR count). The number of hydrogen-bond donors (Lipinski definition) is 0. The SMILES string of the molecule is C.CC(=O)c1ccc2c(c1)C(=O)C(F)(F)O2.CC(=O)c1ccc2c(c1)C(=O)C(F)O2. The second-order valence-electron chi connectivity index (χ2n) is 6.28. The molecule has 1 atom stereocenters. The number of ketones is 4. The summed E-state index contributed by atoms with van der Waals surface area (Å²) in [6.07, 6.45) is -5.73. The normalized spacial score (nSPS) is 17.4. The smallest absolute Gasteiger partial charge is 0.452 e. The lowest BCUT2D eigenvalue weighted by Crippen LogP contribution is -2.28. The first kappa shape index (κ1) is 22.8. The molecule has 0 bridgehead atoms. The van der Waals surface area contributed by atoms with Gasteiger partial charge in [0.05, 0.1) is 11.1 Å². The van der Waals surface area contributed by atoms with Gasteiger partial charge in [-0.1, -0.05) is 7.43 Å². The van der Waals surface area contributed by atoms with Crippen molar-refractivity contribution in [2.45, 2.75) is 33.7 Å². The van der Waals surface area contributed by atoms with Crippen molar-refractivity contribution < 1.29 is 41.8 Å². The summed E-state index contributed by atoms with van der Waals surface area (Å²) < 4.78 is 47.2. The molecular weight excluding hydrogens is 405 g/mol. The summed E-state index contributed by atoms with van der Waals surface area (Å²) in [7, 11) is 0. The van der Waals surface area contributed by atoms with Crippen molar-refractivity contribution in [1.29, 1.82) is 0 Å². The number of hydrogen-bond acceptors (Lipinski definition) is 6. The van der Waals surface area contributed by atoms with Gasteiger partial charge in [-0.3, -0.25) is 19.2 Å². The van der Waals surface area contributed by atoms with Crippen LogP contribution < -0.4 is 9.47 Å². The van der Waals surface area contributed by atoms with E-state index in [2.05, 4.69) is 9.47 Å². The molecule has 2 aromatic rings. The van der Waals surface area contributed by atoms with E-state index in [1.165, 1.54) is 44.2 Å². The van der Waals surface area contributed by atoms with Crippen molar-refractivity contribution in [3.8, 4) is 11.5 Å². The lowest BCUT2D eigenvalue weighted by Gasteiger charge is -2.04. The zero-order valence-electron chi connectivity index (χ0n) is 15.1. The maximum atomic E-state index is 12.8. The summed E-state index contributed by atoms with van der Waals surface area (Å²) in [6.45, 7) is 2.68. The van der Waals surface area contributed by atoms with Crippen molar-refractivity contribution in [1.82, 2.24) is 0 Å². The summed E-state index contributed by atoms with van der Waals surface area (Å²) in [4.78, 5) is 44.2. The number of carbonyl (C=O) groups excluding carboxylic acids is 4. The van der Waals surface area contributed by atoms with Crippen LogP contribution >= 0.6 is 0 Å². The molecule has 6 nitrogen and oxygen atoms in total. The molecule has 0 fully saturated rings. The Labute approximate surface area is 169 Å². The molecule has 2 aliphatic heterocycles. The van der Waals surface area contributed by atoms with Gasteiger partial charge in [0, 0.05) is 11.1 Å². The minimum atomic E-state index is -3.81. The Morgan fingerprint density at radius 2 is 1.40 bits per heavy atom. The third kappa shape index (κ3) is 4.10.